The van der Waals surface area contributed by atoms with Crippen LogP contribution < -0.4 is 5.14 Å². The van der Waals surface area contributed by atoms with Crippen LogP contribution in [-0.2, 0) is 24.0 Å². The third-order valence-electron chi connectivity index (χ3n) is 3.90. The highest BCUT2D eigenvalue weighted by molar-refractivity contribution is 7.84. The molecule has 1 aliphatic rings. The normalized spacial score (nSPS) is 24.5. The molecule has 22 heavy (non-hydrogen) atoms. The van der Waals surface area contributed by atoms with E-state index in [2.05, 4.69) is 4.18 Å². The van der Waals surface area contributed by atoms with Gasteiger partial charge < -0.3 is 9.47 Å². The lowest BCUT2D eigenvalue weighted by atomic mass is 10.0. The predicted molar refractivity (Wildman–Crippen MR) is 82.1 cm³/mol. The smallest absolute Gasteiger partial charge is 0.333 e. The van der Waals surface area contributed by atoms with Gasteiger partial charge in [-0.3, -0.25) is 4.18 Å². The molecule has 0 saturated carbocycles. The summed E-state index contributed by atoms with van der Waals surface area (Å²) in [7, 11) is -3.93. The SMILES string of the molecule is CCC1(CC)O[C@H](c2ccccc2)[C@@H](CCOS(N)(=O)=O)O1. The van der Waals surface area contributed by atoms with E-state index in [9.17, 15) is 8.42 Å². The Morgan fingerprint density at radius 2 is 1.82 bits per heavy atom. The summed E-state index contributed by atoms with van der Waals surface area (Å²) in [6.07, 6.45) is 1.31. The molecule has 2 atom stereocenters. The first-order chi connectivity index (χ1) is 10.4. The number of hydrogen-bond donors (Lipinski definition) is 1. The maximum atomic E-state index is 10.9. The number of rotatable bonds is 7. The molecule has 0 aliphatic carbocycles. The Kier molecular flexibility index (Phi) is 5.57. The van der Waals surface area contributed by atoms with E-state index in [0.29, 0.717) is 6.42 Å². The highest BCUT2D eigenvalue weighted by Crippen LogP contribution is 2.43. The monoisotopic (exact) mass is 329 g/mol. The van der Waals surface area contributed by atoms with Crippen LogP contribution in [0.4, 0.5) is 0 Å². The standard InChI is InChI=1S/C15H23NO5S/c1-3-15(4-2)20-13(10-11-19-22(16,17)18)14(21-15)12-8-6-5-7-9-12/h5-9,13-14H,3-4,10-11H2,1-2H3,(H2,16,17,18)/t13-,14-/m1/s1. The van der Waals surface area contributed by atoms with Crippen molar-refractivity contribution < 1.29 is 22.1 Å². The van der Waals surface area contributed by atoms with Crippen LogP contribution in [0.15, 0.2) is 30.3 Å². The molecule has 1 aromatic carbocycles. The zero-order chi connectivity index (χ0) is 16.2. The first-order valence-electron chi connectivity index (χ1n) is 7.47. The lowest BCUT2D eigenvalue weighted by molar-refractivity contribution is -0.180. The van der Waals surface area contributed by atoms with Gasteiger partial charge in [0.1, 0.15) is 6.10 Å². The molecule has 0 spiro atoms. The van der Waals surface area contributed by atoms with Gasteiger partial charge in [0, 0.05) is 6.42 Å². The van der Waals surface area contributed by atoms with Crippen LogP contribution in [0, 0.1) is 0 Å². The van der Waals surface area contributed by atoms with Crippen molar-refractivity contribution in [1.29, 1.82) is 0 Å². The second kappa shape index (κ2) is 7.06. The fourth-order valence-electron chi connectivity index (χ4n) is 2.67. The molecule has 7 heteroatoms. The third kappa shape index (κ3) is 4.27. The van der Waals surface area contributed by atoms with Crippen LogP contribution in [0.1, 0.15) is 44.8 Å². The molecule has 1 aromatic rings. The van der Waals surface area contributed by atoms with Crippen molar-refractivity contribution in [3.63, 3.8) is 0 Å². The van der Waals surface area contributed by atoms with Gasteiger partial charge >= 0.3 is 10.3 Å². The van der Waals surface area contributed by atoms with Crippen molar-refractivity contribution in [1.82, 2.24) is 0 Å². The lowest BCUT2D eigenvalue weighted by Gasteiger charge is -2.25. The molecular weight excluding hydrogens is 306 g/mol. The van der Waals surface area contributed by atoms with Gasteiger partial charge in [-0.1, -0.05) is 44.2 Å². The van der Waals surface area contributed by atoms with Crippen molar-refractivity contribution in [3.05, 3.63) is 35.9 Å². The third-order valence-corrected chi connectivity index (χ3v) is 4.40. The van der Waals surface area contributed by atoms with Crippen LogP contribution in [0.2, 0.25) is 0 Å². The molecule has 0 unspecified atom stereocenters. The van der Waals surface area contributed by atoms with Gasteiger partial charge in [0.25, 0.3) is 0 Å². The Morgan fingerprint density at radius 3 is 2.36 bits per heavy atom. The van der Waals surface area contributed by atoms with Crippen molar-refractivity contribution >= 4 is 10.3 Å². The maximum Gasteiger partial charge on any atom is 0.333 e. The van der Waals surface area contributed by atoms with E-state index in [1.807, 2.05) is 44.2 Å². The summed E-state index contributed by atoms with van der Waals surface area (Å²) in [5.74, 6) is -0.632. The van der Waals surface area contributed by atoms with Crippen molar-refractivity contribution in [2.45, 2.75) is 51.1 Å². The Bertz CT molecular complexity index is 571. The predicted octanol–water partition coefficient (Wildman–Crippen LogP) is 2.27. The Balaban J connectivity index is 2.13. The van der Waals surface area contributed by atoms with E-state index in [0.717, 1.165) is 18.4 Å². The lowest BCUT2D eigenvalue weighted by Crippen LogP contribution is -2.29. The number of nitrogens with two attached hydrogens (primary N) is 1. The highest BCUT2D eigenvalue weighted by Gasteiger charge is 2.45. The van der Waals surface area contributed by atoms with Gasteiger partial charge in [-0.25, -0.2) is 5.14 Å². The average molecular weight is 329 g/mol. The Morgan fingerprint density at radius 1 is 1.18 bits per heavy atom. The zero-order valence-corrected chi connectivity index (χ0v) is 13.7. The Hall–Kier alpha value is -0.990. The number of ether oxygens (including phenoxy) is 2. The van der Waals surface area contributed by atoms with E-state index >= 15 is 0 Å². The quantitative estimate of drug-likeness (QED) is 0.829. The fraction of sp³-hybridized carbons (Fsp3) is 0.600. The molecule has 1 saturated heterocycles. The van der Waals surface area contributed by atoms with Gasteiger partial charge in [-0.05, 0) is 18.4 Å². The highest BCUT2D eigenvalue weighted by atomic mass is 32.2. The summed E-state index contributed by atoms with van der Waals surface area (Å²) in [4.78, 5) is 0. The Labute approximate surface area is 131 Å². The van der Waals surface area contributed by atoms with Crippen molar-refractivity contribution in [2.24, 2.45) is 5.14 Å². The van der Waals surface area contributed by atoms with Crippen LogP contribution in [0.5, 0.6) is 0 Å². The van der Waals surface area contributed by atoms with Gasteiger partial charge in [0.15, 0.2) is 5.79 Å². The van der Waals surface area contributed by atoms with E-state index in [1.165, 1.54) is 0 Å². The molecule has 1 fully saturated rings. The number of hydrogen-bond acceptors (Lipinski definition) is 5. The summed E-state index contributed by atoms with van der Waals surface area (Å²) in [6, 6.07) is 9.76. The fourth-order valence-corrected chi connectivity index (χ4v) is 3.00. The second-order valence-electron chi connectivity index (χ2n) is 5.33. The van der Waals surface area contributed by atoms with Gasteiger partial charge in [0.05, 0.1) is 12.7 Å². The second-order valence-corrected chi connectivity index (χ2v) is 6.55. The maximum absolute atomic E-state index is 10.9. The topological polar surface area (TPSA) is 87.9 Å². The molecular formula is C15H23NO5S. The van der Waals surface area contributed by atoms with Gasteiger partial charge in [0.2, 0.25) is 0 Å². The van der Waals surface area contributed by atoms with Crippen LogP contribution in [0.3, 0.4) is 0 Å². The molecule has 2 rings (SSSR count). The summed E-state index contributed by atoms with van der Waals surface area (Å²) in [5.41, 5.74) is 1.01. The van der Waals surface area contributed by atoms with E-state index in [1.54, 1.807) is 0 Å². The van der Waals surface area contributed by atoms with E-state index < -0.39 is 16.1 Å². The molecule has 0 amide bonds. The summed E-state index contributed by atoms with van der Waals surface area (Å²) >= 11 is 0. The summed E-state index contributed by atoms with van der Waals surface area (Å²) in [6.45, 7) is 3.99. The molecule has 0 aromatic heterocycles. The van der Waals surface area contributed by atoms with Crippen LogP contribution in [-0.4, -0.2) is 26.9 Å². The minimum atomic E-state index is -3.93. The minimum Gasteiger partial charge on any atom is -0.344 e. The van der Waals surface area contributed by atoms with Crippen LogP contribution in [0.25, 0.3) is 0 Å². The molecule has 124 valence electrons. The first-order valence-corrected chi connectivity index (χ1v) is 8.94. The van der Waals surface area contributed by atoms with E-state index in [-0.39, 0.29) is 18.8 Å². The molecule has 6 nitrogen and oxygen atoms in total. The zero-order valence-electron chi connectivity index (χ0n) is 12.9. The van der Waals surface area contributed by atoms with Crippen molar-refractivity contribution in [2.75, 3.05) is 6.61 Å². The summed E-state index contributed by atoms with van der Waals surface area (Å²) in [5, 5.41) is 4.85. The molecule has 1 aliphatic heterocycles. The van der Waals surface area contributed by atoms with E-state index in [4.69, 9.17) is 14.6 Å². The van der Waals surface area contributed by atoms with Crippen molar-refractivity contribution in [3.8, 4) is 0 Å². The first kappa shape index (κ1) is 17.4. The molecule has 1 heterocycles. The van der Waals surface area contributed by atoms with Gasteiger partial charge in [-0.15, -0.1) is 0 Å². The molecule has 2 N–H and O–H groups in total. The summed E-state index contributed by atoms with van der Waals surface area (Å²) < 4.78 is 38.6. The molecule has 0 radical (unpaired) electrons. The van der Waals surface area contributed by atoms with Gasteiger partial charge in [-0.2, -0.15) is 8.42 Å². The average Bonchev–Trinajstić information content (AvgIpc) is 2.87. The largest absolute Gasteiger partial charge is 0.344 e. The molecule has 0 bridgehead atoms. The minimum absolute atomic E-state index is 0.0281. The number of benzene rings is 1. The van der Waals surface area contributed by atoms with Crippen LogP contribution >= 0.6 is 0 Å².